The Kier molecular flexibility index (Phi) is 8.93. The van der Waals surface area contributed by atoms with E-state index in [-0.39, 0.29) is 61.4 Å². The molecule has 0 saturated heterocycles. The molecular formula is C28H28F3N5O4. The molecule has 0 aliphatic rings. The Bertz CT molecular complexity index is 1470. The molecule has 0 atom stereocenters. The summed E-state index contributed by atoms with van der Waals surface area (Å²) < 4.78 is 47.0. The van der Waals surface area contributed by atoms with Gasteiger partial charge in [0.2, 0.25) is 11.8 Å². The molecule has 0 unspecified atom stereocenters. The molecule has 3 aromatic heterocycles. The first kappa shape index (κ1) is 28.9. The van der Waals surface area contributed by atoms with Crippen LogP contribution < -0.4 is 10.5 Å². The summed E-state index contributed by atoms with van der Waals surface area (Å²) in [5, 5.41) is 29.7. The van der Waals surface area contributed by atoms with E-state index in [9.17, 15) is 28.5 Å². The van der Waals surface area contributed by atoms with Gasteiger partial charge in [0.15, 0.2) is 0 Å². The van der Waals surface area contributed by atoms with E-state index in [4.69, 9.17) is 10.5 Å². The van der Waals surface area contributed by atoms with Crippen molar-refractivity contribution in [3.63, 3.8) is 0 Å². The predicted molar refractivity (Wildman–Crippen MR) is 141 cm³/mol. The molecule has 9 nitrogen and oxygen atoms in total. The number of anilines is 1. The fourth-order valence-electron chi connectivity index (χ4n) is 4.30. The topological polar surface area (TPSA) is 148 Å². The van der Waals surface area contributed by atoms with Crippen molar-refractivity contribution in [1.82, 2.24) is 19.9 Å². The summed E-state index contributed by atoms with van der Waals surface area (Å²) in [4.78, 5) is 16.9. The third-order valence-electron chi connectivity index (χ3n) is 6.19. The Hall–Kier alpha value is -4.13. The number of nitrogens with zero attached hydrogens (tertiary/aromatic N) is 4. The second-order valence-electron chi connectivity index (χ2n) is 9.12. The highest BCUT2D eigenvalue weighted by atomic mass is 19.3. The average Bonchev–Trinajstić information content (AvgIpc) is 2.92. The predicted octanol–water partition coefficient (Wildman–Crippen LogP) is 4.10. The number of ether oxygens (including phenoxy) is 1. The largest absolute Gasteiger partial charge is 0.471 e. The number of nitrogen functional groups attached to an aromatic ring is 1. The summed E-state index contributed by atoms with van der Waals surface area (Å²) >= 11 is 0. The molecule has 0 spiro atoms. The molecule has 0 amide bonds. The molecule has 4 rings (SSSR count). The van der Waals surface area contributed by atoms with Gasteiger partial charge in [0, 0.05) is 37.3 Å². The summed E-state index contributed by atoms with van der Waals surface area (Å²) in [6.45, 7) is 0.766. The third kappa shape index (κ3) is 6.53. The van der Waals surface area contributed by atoms with Crippen LogP contribution in [0, 0.1) is 12.7 Å². The number of alkyl halides is 2. The fraction of sp³-hybridized carbons (Fsp3) is 0.286. The van der Waals surface area contributed by atoms with Crippen LogP contribution in [0.15, 0.2) is 54.6 Å². The van der Waals surface area contributed by atoms with Crippen molar-refractivity contribution in [2.24, 2.45) is 0 Å². The van der Waals surface area contributed by atoms with Crippen molar-refractivity contribution in [3.05, 3.63) is 83.2 Å². The van der Waals surface area contributed by atoms with Crippen LogP contribution in [0.5, 0.6) is 5.88 Å². The molecule has 0 aliphatic carbocycles. The van der Waals surface area contributed by atoms with Crippen molar-refractivity contribution >= 4 is 5.95 Å². The van der Waals surface area contributed by atoms with Gasteiger partial charge in [-0.1, -0.05) is 6.07 Å². The number of aromatic nitrogens is 4. The van der Waals surface area contributed by atoms with E-state index < -0.39 is 23.5 Å². The van der Waals surface area contributed by atoms with Gasteiger partial charge in [-0.2, -0.15) is 4.98 Å². The van der Waals surface area contributed by atoms with Crippen LogP contribution in [0.1, 0.15) is 42.0 Å². The third-order valence-corrected chi connectivity index (χ3v) is 6.19. The minimum Gasteiger partial charge on any atom is -0.471 e. The average molecular weight is 556 g/mol. The number of benzene rings is 1. The van der Waals surface area contributed by atoms with Gasteiger partial charge in [0.1, 0.15) is 23.7 Å². The maximum Gasteiger partial charge on any atom is 0.280 e. The quantitative estimate of drug-likeness (QED) is 0.215. The molecule has 210 valence electrons. The number of aryl methyl sites for hydroxylation is 1. The van der Waals surface area contributed by atoms with Gasteiger partial charge < -0.3 is 25.8 Å². The zero-order chi connectivity index (χ0) is 28.9. The summed E-state index contributed by atoms with van der Waals surface area (Å²) in [7, 11) is 0. The lowest BCUT2D eigenvalue weighted by molar-refractivity contribution is -0.0135. The Labute approximate surface area is 228 Å². The lowest BCUT2D eigenvalue weighted by atomic mass is 9.91. The molecule has 0 aliphatic heterocycles. The van der Waals surface area contributed by atoms with Gasteiger partial charge >= 0.3 is 0 Å². The van der Waals surface area contributed by atoms with Gasteiger partial charge in [0.05, 0.1) is 22.6 Å². The highest BCUT2D eigenvalue weighted by Gasteiger charge is 2.30. The molecule has 0 bridgehead atoms. The van der Waals surface area contributed by atoms with Crippen LogP contribution >= 0.6 is 0 Å². The number of hydrogen-bond acceptors (Lipinski definition) is 9. The molecule has 5 N–H and O–H groups in total. The SMILES string of the molecule is Cc1cc(-c2c(OCc3cccc(C(O)(CCO)CCO)n3)nc(N)nc2-c2ccc(F)cc2)cc(C(F)F)n1. The summed E-state index contributed by atoms with van der Waals surface area (Å²) in [6.07, 6.45) is -2.91. The minimum absolute atomic E-state index is 0.0354. The van der Waals surface area contributed by atoms with E-state index in [0.29, 0.717) is 22.5 Å². The maximum absolute atomic E-state index is 13.7. The van der Waals surface area contributed by atoms with Crippen molar-refractivity contribution < 1.29 is 33.2 Å². The molecule has 3 heterocycles. The van der Waals surface area contributed by atoms with Gasteiger partial charge in [-0.15, -0.1) is 0 Å². The summed E-state index contributed by atoms with van der Waals surface area (Å²) in [6, 6.07) is 13.0. The van der Waals surface area contributed by atoms with E-state index in [1.54, 1.807) is 31.2 Å². The van der Waals surface area contributed by atoms with Gasteiger partial charge in [-0.05, 0) is 61.0 Å². The van der Waals surface area contributed by atoms with E-state index in [1.807, 2.05) is 0 Å². The van der Waals surface area contributed by atoms with Crippen molar-refractivity contribution in [3.8, 4) is 28.3 Å². The van der Waals surface area contributed by atoms with Crippen molar-refractivity contribution in [2.75, 3.05) is 18.9 Å². The number of nitrogens with two attached hydrogens (primary N) is 1. The van der Waals surface area contributed by atoms with Gasteiger partial charge in [-0.3, -0.25) is 9.97 Å². The Balaban J connectivity index is 1.80. The van der Waals surface area contributed by atoms with E-state index in [1.165, 1.54) is 30.3 Å². The highest BCUT2D eigenvalue weighted by molar-refractivity contribution is 5.85. The molecule has 12 heteroatoms. The summed E-state index contributed by atoms with van der Waals surface area (Å²) in [5.41, 5.74) is 6.12. The summed E-state index contributed by atoms with van der Waals surface area (Å²) in [5.74, 6) is -0.678. The second kappa shape index (κ2) is 12.4. The first-order valence-electron chi connectivity index (χ1n) is 12.4. The smallest absolute Gasteiger partial charge is 0.280 e. The highest BCUT2D eigenvalue weighted by Crippen LogP contribution is 2.39. The lowest BCUT2D eigenvalue weighted by Gasteiger charge is -2.26. The standard InChI is InChI=1S/C28H28F3N5O4/c1-16-13-18(14-21(33-16)25(30)31)23-24(17-5-7-19(29)8-6-17)35-27(32)36-26(23)40-15-20-3-2-4-22(34-20)28(39,9-11-37)10-12-38/h2-8,13-14,25,37-39H,9-12,15H2,1H3,(H2,32,35,36). The van der Waals surface area contributed by atoms with Gasteiger partial charge in [0.25, 0.3) is 6.43 Å². The van der Waals surface area contributed by atoms with Crippen LogP contribution in [0.3, 0.4) is 0 Å². The molecule has 0 fully saturated rings. The van der Waals surface area contributed by atoms with Crippen LogP contribution in [0.2, 0.25) is 0 Å². The Morgan fingerprint density at radius 2 is 1.62 bits per heavy atom. The van der Waals surface area contributed by atoms with E-state index >= 15 is 0 Å². The molecule has 0 radical (unpaired) electrons. The number of aliphatic hydroxyl groups is 3. The van der Waals surface area contributed by atoms with Crippen LogP contribution in [-0.2, 0) is 12.2 Å². The minimum atomic E-state index is -2.84. The molecular weight excluding hydrogens is 527 g/mol. The molecule has 4 aromatic rings. The van der Waals surface area contributed by atoms with Crippen molar-refractivity contribution in [1.29, 1.82) is 0 Å². The van der Waals surface area contributed by atoms with Crippen LogP contribution in [0.4, 0.5) is 19.1 Å². The van der Waals surface area contributed by atoms with Crippen molar-refractivity contribution in [2.45, 2.75) is 38.4 Å². The van der Waals surface area contributed by atoms with Crippen LogP contribution in [0.25, 0.3) is 22.4 Å². The number of hydrogen-bond donors (Lipinski definition) is 4. The lowest BCUT2D eigenvalue weighted by Crippen LogP contribution is -2.30. The Morgan fingerprint density at radius 1 is 0.925 bits per heavy atom. The van der Waals surface area contributed by atoms with Gasteiger partial charge in [-0.25, -0.2) is 18.2 Å². The molecule has 1 aromatic carbocycles. The first-order chi connectivity index (χ1) is 19.1. The number of halogens is 3. The Morgan fingerprint density at radius 3 is 2.27 bits per heavy atom. The van der Waals surface area contributed by atoms with E-state index in [0.717, 1.165) is 0 Å². The van der Waals surface area contributed by atoms with E-state index in [2.05, 4.69) is 19.9 Å². The zero-order valence-electron chi connectivity index (χ0n) is 21.6. The fourth-order valence-corrected chi connectivity index (χ4v) is 4.30. The molecule has 40 heavy (non-hydrogen) atoms. The second-order valence-corrected chi connectivity index (χ2v) is 9.12. The number of pyridine rings is 2. The normalized spacial score (nSPS) is 11.7. The first-order valence-corrected chi connectivity index (χ1v) is 12.4. The zero-order valence-corrected chi connectivity index (χ0v) is 21.6. The molecule has 0 saturated carbocycles. The monoisotopic (exact) mass is 555 g/mol. The number of rotatable bonds is 11. The number of aliphatic hydroxyl groups excluding tert-OH is 2. The maximum atomic E-state index is 13.7. The van der Waals surface area contributed by atoms with Crippen LogP contribution in [-0.4, -0.2) is 48.5 Å².